The summed E-state index contributed by atoms with van der Waals surface area (Å²) in [6.45, 7) is 2.25. The van der Waals surface area contributed by atoms with E-state index in [4.69, 9.17) is 23.2 Å². The molecule has 0 aromatic heterocycles. The summed E-state index contributed by atoms with van der Waals surface area (Å²) in [5.41, 5.74) is 0.878. The van der Waals surface area contributed by atoms with Gasteiger partial charge in [-0.05, 0) is 42.4 Å². The summed E-state index contributed by atoms with van der Waals surface area (Å²) in [7, 11) is 0. The van der Waals surface area contributed by atoms with Gasteiger partial charge in [-0.2, -0.15) is 0 Å². The largest absolute Gasteiger partial charge is 0.392 e. The molecule has 0 radical (unpaired) electrons. The van der Waals surface area contributed by atoms with Crippen LogP contribution >= 0.6 is 23.2 Å². The van der Waals surface area contributed by atoms with Gasteiger partial charge in [-0.15, -0.1) is 0 Å². The molecule has 2 rings (SSSR count). The number of hydrogen-bond acceptors (Lipinski definition) is 1. The second kappa shape index (κ2) is 5.60. The van der Waals surface area contributed by atoms with Crippen molar-refractivity contribution in [1.29, 1.82) is 0 Å². The Hall–Kier alpha value is -0.240. The van der Waals surface area contributed by atoms with E-state index in [0.717, 1.165) is 24.3 Å². The lowest BCUT2D eigenvalue weighted by Gasteiger charge is -2.19. The SMILES string of the molecule is CC1CCC(C(O)Cc2c(Cl)cccc2Cl)C1. The van der Waals surface area contributed by atoms with E-state index in [0.29, 0.717) is 22.4 Å². The third kappa shape index (κ3) is 3.15. The smallest absolute Gasteiger partial charge is 0.0609 e. The first-order valence-electron chi connectivity index (χ1n) is 6.19. The molecule has 1 aromatic carbocycles. The molecule has 3 heteroatoms. The van der Waals surface area contributed by atoms with Crippen LogP contribution in [-0.2, 0) is 6.42 Å². The molecule has 1 N–H and O–H groups in total. The van der Waals surface area contributed by atoms with Crippen molar-refractivity contribution in [3.63, 3.8) is 0 Å². The van der Waals surface area contributed by atoms with E-state index in [2.05, 4.69) is 6.92 Å². The summed E-state index contributed by atoms with van der Waals surface area (Å²) in [5, 5.41) is 11.6. The van der Waals surface area contributed by atoms with Crippen LogP contribution in [0, 0.1) is 11.8 Å². The number of halogens is 2. The van der Waals surface area contributed by atoms with Gasteiger partial charge in [0, 0.05) is 16.5 Å². The van der Waals surface area contributed by atoms with E-state index in [1.54, 1.807) is 0 Å². The predicted molar refractivity (Wildman–Crippen MR) is 72.7 cm³/mol. The zero-order valence-electron chi connectivity index (χ0n) is 10.00. The fourth-order valence-electron chi connectivity index (χ4n) is 2.70. The maximum atomic E-state index is 10.3. The Kier molecular flexibility index (Phi) is 4.35. The molecule has 1 aromatic rings. The normalized spacial score (nSPS) is 26.1. The molecular weight excluding hydrogens is 255 g/mol. The summed E-state index contributed by atoms with van der Waals surface area (Å²) in [5.74, 6) is 1.13. The summed E-state index contributed by atoms with van der Waals surface area (Å²) >= 11 is 12.2. The van der Waals surface area contributed by atoms with E-state index in [9.17, 15) is 5.11 Å². The molecule has 1 aliphatic rings. The van der Waals surface area contributed by atoms with Crippen LogP contribution in [0.1, 0.15) is 31.7 Å². The molecule has 1 fully saturated rings. The van der Waals surface area contributed by atoms with Gasteiger partial charge < -0.3 is 5.11 Å². The Morgan fingerprint density at radius 1 is 1.29 bits per heavy atom. The van der Waals surface area contributed by atoms with Gasteiger partial charge in [-0.3, -0.25) is 0 Å². The fourth-order valence-corrected chi connectivity index (χ4v) is 3.26. The van der Waals surface area contributed by atoms with Crippen molar-refractivity contribution in [3.8, 4) is 0 Å². The lowest BCUT2D eigenvalue weighted by molar-refractivity contribution is 0.109. The van der Waals surface area contributed by atoms with Crippen molar-refractivity contribution in [2.45, 2.75) is 38.7 Å². The first-order chi connectivity index (χ1) is 8.08. The highest BCUT2D eigenvalue weighted by atomic mass is 35.5. The number of aliphatic hydroxyl groups is 1. The van der Waals surface area contributed by atoms with Crippen molar-refractivity contribution in [1.82, 2.24) is 0 Å². The molecule has 0 bridgehead atoms. The molecule has 0 heterocycles. The first-order valence-corrected chi connectivity index (χ1v) is 6.94. The monoisotopic (exact) mass is 272 g/mol. The highest BCUT2D eigenvalue weighted by Crippen LogP contribution is 2.35. The van der Waals surface area contributed by atoms with Crippen molar-refractivity contribution in [3.05, 3.63) is 33.8 Å². The van der Waals surface area contributed by atoms with E-state index >= 15 is 0 Å². The van der Waals surface area contributed by atoms with Crippen molar-refractivity contribution in [2.75, 3.05) is 0 Å². The Labute approximate surface area is 113 Å². The summed E-state index contributed by atoms with van der Waals surface area (Å²) in [6, 6.07) is 5.48. The van der Waals surface area contributed by atoms with E-state index < -0.39 is 0 Å². The molecule has 1 saturated carbocycles. The number of hydrogen-bond donors (Lipinski definition) is 1. The van der Waals surface area contributed by atoms with Crippen LogP contribution in [0.25, 0.3) is 0 Å². The first kappa shape index (κ1) is 13.2. The lowest BCUT2D eigenvalue weighted by atomic mass is 9.94. The molecule has 3 atom stereocenters. The highest BCUT2D eigenvalue weighted by Gasteiger charge is 2.28. The van der Waals surface area contributed by atoms with Gasteiger partial charge in [-0.1, -0.05) is 42.6 Å². The van der Waals surface area contributed by atoms with Crippen LogP contribution in [0.15, 0.2) is 18.2 Å². The minimum Gasteiger partial charge on any atom is -0.392 e. The van der Waals surface area contributed by atoms with E-state index in [1.165, 1.54) is 6.42 Å². The maximum Gasteiger partial charge on any atom is 0.0609 e. The molecule has 1 aliphatic carbocycles. The minimum atomic E-state index is -0.322. The predicted octanol–water partition coefficient (Wildman–Crippen LogP) is 4.33. The molecule has 0 saturated heterocycles. The number of aliphatic hydroxyl groups excluding tert-OH is 1. The van der Waals surface area contributed by atoms with Crippen LogP contribution < -0.4 is 0 Å². The molecule has 0 aliphatic heterocycles. The zero-order chi connectivity index (χ0) is 12.4. The second-order valence-electron chi connectivity index (χ2n) is 5.15. The number of rotatable bonds is 3. The van der Waals surface area contributed by atoms with Gasteiger partial charge >= 0.3 is 0 Å². The van der Waals surface area contributed by atoms with Gasteiger partial charge in [0.2, 0.25) is 0 Å². The maximum absolute atomic E-state index is 10.3. The average molecular weight is 273 g/mol. The van der Waals surface area contributed by atoms with Crippen molar-refractivity contribution in [2.24, 2.45) is 11.8 Å². The summed E-state index contributed by atoms with van der Waals surface area (Å²) < 4.78 is 0. The van der Waals surface area contributed by atoms with E-state index in [1.807, 2.05) is 18.2 Å². The van der Waals surface area contributed by atoms with E-state index in [-0.39, 0.29) is 6.10 Å². The van der Waals surface area contributed by atoms with Crippen molar-refractivity contribution >= 4 is 23.2 Å². The quantitative estimate of drug-likeness (QED) is 0.868. The summed E-state index contributed by atoms with van der Waals surface area (Å²) in [4.78, 5) is 0. The molecule has 3 unspecified atom stereocenters. The van der Waals surface area contributed by atoms with Crippen LogP contribution in [0.4, 0.5) is 0 Å². The Morgan fingerprint density at radius 3 is 2.47 bits per heavy atom. The minimum absolute atomic E-state index is 0.322. The molecular formula is C14H18Cl2O. The molecule has 0 amide bonds. The van der Waals surface area contributed by atoms with Crippen LogP contribution in [-0.4, -0.2) is 11.2 Å². The van der Waals surface area contributed by atoms with Gasteiger partial charge in [0.25, 0.3) is 0 Å². The second-order valence-corrected chi connectivity index (χ2v) is 5.96. The lowest BCUT2D eigenvalue weighted by Crippen LogP contribution is -2.21. The molecule has 17 heavy (non-hydrogen) atoms. The Bertz CT molecular complexity index is 372. The third-order valence-corrected chi connectivity index (χ3v) is 4.46. The van der Waals surface area contributed by atoms with Crippen molar-refractivity contribution < 1.29 is 5.11 Å². The van der Waals surface area contributed by atoms with Crippen LogP contribution in [0.2, 0.25) is 10.0 Å². The average Bonchev–Trinajstić information content (AvgIpc) is 2.70. The highest BCUT2D eigenvalue weighted by molar-refractivity contribution is 6.35. The summed E-state index contributed by atoms with van der Waals surface area (Å²) in [6.07, 6.45) is 3.69. The fraction of sp³-hybridized carbons (Fsp3) is 0.571. The van der Waals surface area contributed by atoms with Gasteiger partial charge in [0.1, 0.15) is 0 Å². The van der Waals surface area contributed by atoms with Gasteiger partial charge in [0.15, 0.2) is 0 Å². The number of benzene rings is 1. The topological polar surface area (TPSA) is 20.2 Å². The Balaban J connectivity index is 2.05. The molecule has 94 valence electrons. The van der Waals surface area contributed by atoms with Gasteiger partial charge in [0.05, 0.1) is 6.10 Å². The molecule has 0 spiro atoms. The zero-order valence-corrected chi connectivity index (χ0v) is 11.5. The third-order valence-electron chi connectivity index (χ3n) is 3.75. The molecule has 1 nitrogen and oxygen atoms in total. The van der Waals surface area contributed by atoms with Crippen LogP contribution in [0.3, 0.4) is 0 Å². The van der Waals surface area contributed by atoms with Crippen LogP contribution in [0.5, 0.6) is 0 Å². The standard InChI is InChI=1S/C14H18Cl2O/c1-9-5-6-10(7-9)14(17)8-11-12(15)3-2-4-13(11)16/h2-4,9-10,14,17H,5-8H2,1H3. The van der Waals surface area contributed by atoms with Gasteiger partial charge in [-0.25, -0.2) is 0 Å². The Morgan fingerprint density at radius 2 is 1.94 bits per heavy atom.